The summed E-state index contributed by atoms with van der Waals surface area (Å²) in [6.45, 7) is 3.68. The van der Waals surface area contributed by atoms with E-state index in [2.05, 4.69) is 39.2 Å². The molecule has 0 fully saturated rings. The fourth-order valence-electron chi connectivity index (χ4n) is 4.94. The second-order valence-electron chi connectivity index (χ2n) is 10.8. The lowest BCUT2D eigenvalue weighted by Gasteiger charge is -2.16. The molecule has 41 heavy (non-hydrogen) atoms. The number of thiazole rings is 1. The summed E-state index contributed by atoms with van der Waals surface area (Å²) in [5.74, 6) is 1.19. The molecule has 224 valence electrons. The van der Waals surface area contributed by atoms with Gasteiger partial charge in [-0.2, -0.15) is 4.57 Å². The number of nitrogens with one attached hydrogen (secondary N) is 2. The van der Waals surface area contributed by atoms with Gasteiger partial charge in [0, 0.05) is 11.3 Å². The Bertz CT molecular complexity index is 1100. The van der Waals surface area contributed by atoms with Crippen molar-refractivity contribution in [3.8, 4) is 11.5 Å². The molecule has 1 heterocycles. The molecule has 1 aromatic heterocycles. The molecule has 6 nitrogen and oxygen atoms in total. The molecule has 0 aliphatic rings. The van der Waals surface area contributed by atoms with Crippen LogP contribution in [-0.4, -0.2) is 19.7 Å². The third kappa shape index (κ3) is 13.0. The molecule has 0 unspecified atom stereocenters. The molecule has 3 rings (SSSR count). The molecular formula is C34H50N3O3S+. The van der Waals surface area contributed by atoms with E-state index in [1.54, 1.807) is 18.4 Å². The van der Waals surface area contributed by atoms with E-state index < -0.39 is 0 Å². The van der Waals surface area contributed by atoms with E-state index in [9.17, 15) is 4.79 Å². The maximum Gasteiger partial charge on any atom is 0.323 e. The number of hydrogen-bond donors (Lipinski definition) is 2. The Morgan fingerprint density at radius 3 is 2.02 bits per heavy atom. The Kier molecular flexibility index (Phi) is 15.8. The average molecular weight is 581 g/mol. The van der Waals surface area contributed by atoms with Crippen LogP contribution in [0.3, 0.4) is 0 Å². The van der Waals surface area contributed by atoms with E-state index >= 15 is 0 Å². The molecule has 0 spiro atoms. The van der Waals surface area contributed by atoms with Crippen molar-refractivity contribution in [2.45, 2.75) is 103 Å². The maximum atomic E-state index is 12.8. The summed E-state index contributed by atoms with van der Waals surface area (Å²) in [4.78, 5) is 12.8. The van der Waals surface area contributed by atoms with Crippen molar-refractivity contribution in [3.05, 3.63) is 65.1 Å². The lowest BCUT2D eigenvalue weighted by atomic mass is 10.0. The highest BCUT2D eigenvalue weighted by Gasteiger charge is 2.14. The molecule has 0 saturated heterocycles. The predicted octanol–water partition coefficient (Wildman–Crippen LogP) is 9.60. The highest BCUT2D eigenvalue weighted by Crippen LogP contribution is 2.35. The molecule has 2 amide bonds. The van der Waals surface area contributed by atoms with Gasteiger partial charge >= 0.3 is 6.03 Å². The highest BCUT2D eigenvalue weighted by molar-refractivity contribution is 7.07. The third-order valence-corrected chi connectivity index (χ3v) is 7.97. The fourth-order valence-corrected chi connectivity index (χ4v) is 5.53. The number of carbonyl (C=O) groups excluding carboxylic acids is 1. The zero-order valence-electron chi connectivity index (χ0n) is 25.2. The Morgan fingerprint density at radius 1 is 0.805 bits per heavy atom. The van der Waals surface area contributed by atoms with Gasteiger partial charge in [0.15, 0.2) is 24.2 Å². The van der Waals surface area contributed by atoms with Crippen LogP contribution in [0.4, 0.5) is 16.2 Å². The lowest BCUT2D eigenvalue weighted by Crippen LogP contribution is -2.30. The van der Waals surface area contributed by atoms with Crippen LogP contribution in [0.1, 0.15) is 102 Å². The Labute approximate surface area is 251 Å². The smallest absolute Gasteiger partial charge is 0.323 e. The number of methoxy groups -OCH3 is 1. The Hall–Kier alpha value is -3.06. The molecule has 0 aliphatic carbocycles. The van der Waals surface area contributed by atoms with Gasteiger partial charge in [0.05, 0.1) is 24.8 Å². The van der Waals surface area contributed by atoms with E-state index in [4.69, 9.17) is 9.47 Å². The first-order valence-corrected chi connectivity index (χ1v) is 16.5. The van der Waals surface area contributed by atoms with Gasteiger partial charge < -0.3 is 20.1 Å². The van der Waals surface area contributed by atoms with E-state index in [-0.39, 0.29) is 6.03 Å². The van der Waals surface area contributed by atoms with Crippen molar-refractivity contribution < 1.29 is 18.8 Å². The van der Waals surface area contributed by atoms with Crippen molar-refractivity contribution >= 4 is 28.7 Å². The zero-order valence-corrected chi connectivity index (χ0v) is 26.0. The van der Waals surface area contributed by atoms with Gasteiger partial charge in [-0.3, -0.25) is 0 Å². The number of carbonyl (C=O) groups is 1. The summed E-state index contributed by atoms with van der Waals surface area (Å²) in [6, 6.07) is 13.1. The van der Waals surface area contributed by atoms with Crippen molar-refractivity contribution in [2.75, 3.05) is 24.4 Å². The number of rotatable bonds is 21. The minimum absolute atomic E-state index is 0.320. The largest absolute Gasteiger partial charge is 0.493 e. The number of hydrogen-bond acceptors (Lipinski definition) is 4. The molecule has 2 N–H and O–H groups in total. The first kappa shape index (κ1) is 32.5. The van der Waals surface area contributed by atoms with Crippen LogP contribution < -0.4 is 24.7 Å². The quantitative estimate of drug-likeness (QED) is 0.0974. The second kappa shape index (κ2) is 19.9. The molecular weight excluding hydrogens is 530 g/mol. The maximum absolute atomic E-state index is 12.8. The monoisotopic (exact) mass is 580 g/mol. The number of anilines is 2. The number of para-hydroxylation sites is 1. The summed E-state index contributed by atoms with van der Waals surface area (Å²) in [5.41, 5.74) is 4.57. The van der Waals surface area contributed by atoms with Gasteiger partial charge in [-0.05, 0) is 30.7 Å². The summed E-state index contributed by atoms with van der Waals surface area (Å²) < 4.78 is 13.8. The number of amides is 2. The van der Waals surface area contributed by atoms with Crippen LogP contribution in [0.2, 0.25) is 0 Å². The summed E-state index contributed by atoms with van der Waals surface area (Å²) >= 11 is 1.67. The van der Waals surface area contributed by atoms with Crippen LogP contribution in [0.15, 0.2) is 59.6 Å². The minimum Gasteiger partial charge on any atom is -0.493 e. The molecule has 0 saturated carbocycles. The Morgan fingerprint density at radius 2 is 1.44 bits per heavy atom. The number of aromatic nitrogens is 1. The van der Waals surface area contributed by atoms with Crippen LogP contribution in [0.5, 0.6) is 11.5 Å². The first-order chi connectivity index (χ1) is 20.2. The van der Waals surface area contributed by atoms with Crippen LogP contribution in [0.25, 0.3) is 0 Å². The summed E-state index contributed by atoms with van der Waals surface area (Å²) in [5, 5.41) is 7.89. The molecule has 3 aromatic rings. The second-order valence-corrected chi connectivity index (χ2v) is 11.5. The minimum atomic E-state index is -0.320. The van der Waals surface area contributed by atoms with Crippen molar-refractivity contribution in [2.24, 2.45) is 0 Å². The number of ether oxygens (including phenoxy) is 2. The summed E-state index contributed by atoms with van der Waals surface area (Å²) in [6.07, 6.45) is 20.6. The van der Waals surface area contributed by atoms with Gasteiger partial charge in [0.1, 0.15) is 0 Å². The third-order valence-electron chi connectivity index (χ3n) is 7.30. The Balaban J connectivity index is 1.32. The van der Waals surface area contributed by atoms with Gasteiger partial charge in [-0.15, -0.1) is 0 Å². The molecule has 2 aromatic carbocycles. The number of nitrogens with zero attached hydrogens (tertiary/aromatic N) is 1. The van der Waals surface area contributed by atoms with E-state index in [0.29, 0.717) is 23.8 Å². The zero-order chi connectivity index (χ0) is 29.0. The fraction of sp³-hybridized carbons (Fsp3) is 0.529. The topological polar surface area (TPSA) is 63.5 Å². The standard InChI is InChI=1S/C34H49N3O3S/c1-3-4-5-6-7-8-9-10-11-12-13-14-15-16-25-40-33-31(18-17-19-32(33)39-2)36-34(38)35-30-22-20-29(21-23-30)27-37-24-26-41-28-37/h17-24,26,28H,3-16,25,27H2,1-2H3,(H-,35,36,38)/p+1. The van der Waals surface area contributed by atoms with Gasteiger partial charge in [-0.1, -0.05) is 120 Å². The predicted molar refractivity (Wildman–Crippen MR) is 172 cm³/mol. The number of unbranched alkanes of at least 4 members (excludes halogenated alkanes) is 13. The number of urea groups is 1. The van der Waals surface area contributed by atoms with E-state index in [1.165, 1.54) is 82.6 Å². The van der Waals surface area contributed by atoms with Gasteiger partial charge in [0.2, 0.25) is 5.51 Å². The molecule has 7 heteroatoms. The normalized spacial score (nSPS) is 10.9. The number of benzene rings is 2. The van der Waals surface area contributed by atoms with Gasteiger partial charge in [-0.25, -0.2) is 4.79 Å². The lowest BCUT2D eigenvalue weighted by molar-refractivity contribution is -0.683. The van der Waals surface area contributed by atoms with Crippen molar-refractivity contribution in [3.63, 3.8) is 0 Å². The molecule has 0 aliphatic heterocycles. The van der Waals surface area contributed by atoms with E-state index in [1.807, 2.05) is 42.5 Å². The molecule has 0 bridgehead atoms. The molecule has 0 atom stereocenters. The van der Waals surface area contributed by atoms with Crippen molar-refractivity contribution in [1.29, 1.82) is 0 Å². The van der Waals surface area contributed by atoms with Gasteiger partial charge in [0.25, 0.3) is 0 Å². The average Bonchev–Trinajstić information content (AvgIpc) is 3.49. The van der Waals surface area contributed by atoms with E-state index in [0.717, 1.165) is 25.1 Å². The van der Waals surface area contributed by atoms with Crippen molar-refractivity contribution in [1.82, 2.24) is 0 Å². The first-order valence-electron chi connectivity index (χ1n) is 15.6. The van der Waals surface area contributed by atoms with Crippen LogP contribution in [0, 0.1) is 0 Å². The van der Waals surface area contributed by atoms with Crippen LogP contribution >= 0.6 is 11.3 Å². The summed E-state index contributed by atoms with van der Waals surface area (Å²) in [7, 11) is 1.62. The molecule has 0 radical (unpaired) electrons. The SMILES string of the molecule is CCCCCCCCCCCCCCCCOc1c(NC(=O)Nc2ccc(C[n+]3ccsc3)cc2)cccc1OC. The highest BCUT2D eigenvalue weighted by atomic mass is 32.1. The van der Waals surface area contributed by atoms with Crippen LogP contribution in [-0.2, 0) is 6.54 Å².